The second kappa shape index (κ2) is 10.3. The van der Waals surface area contributed by atoms with Crippen LogP contribution in [-0.4, -0.2) is 19.4 Å². The lowest BCUT2D eigenvalue weighted by Gasteiger charge is -2.13. The lowest BCUT2D eigenvalue weighted by molar-refractivity contribution is 0.669. The fourth-order valence-electron chi connectivity index (χ4n) is 7.66. The smallest absolute Gasteiger partial charge is 0.160 e. The first kappa shape index (κ1) is 27.1. The molecule has 5 heteroatoms. The molecule has 5 nitrogen and oxygen atoms in total. The second-order valence-electron chi connectivity index (χ2n) is 12.8. The third-order valence-corrected chi connectivity index (χ3v) is 9.98. The number of benzene rings is 7. The number of hydrogen-bond acceptors (Lipinski definition) is 4. The molecule has 50 heavy (non-hydrogen) atoms. The van der Waals surface area contributed by atoms with Crippen LogP contribution < -0.4 is 0 Å². The van der Waals surface area contributed by atoms with E-state index in [2.05, 4.69) is 126 Å². The number of nitrogens with zero attached hydrogens (tertiary/aromatic N) is 4. The van der Waals surface area contributed by atoms with Gasteiger partial charge in [-0.15, -0.1) is 0 Å². The van der Waals surface area contributed by atoms with E-state index in [1.807, 2.05) is 36.4 Å². The molecule has 0 aliphatic carbocycles. The lowest BCUT2D eigenvalue weighted by atomic mass is 9.93. The summed E-state index contributed by atoms with van der Waals surface area (Å²) in [7, 11) is 0. The summed E-state index contributed by atoms with van der Waals surface area (Å²) < 4.78 is 8.35. The Morgan fingerprint density at radius 1 is 0.440 bits per heavy atom. The molecule has 0 aliphatic rings. The van der Waals surface area contributed by atoms with Crippen LogP contribution in [0.15, 0.2) is 162 Å². The highest BCUT2D eigenvalue weighted by atomic mass is 16.3. The summed E-state index contributed by atoms with van der Waals surface area (Å²) in [6.07, 6.45) is 2.10. The van der Waals surface area contributed by atoms with Crippen LogP contribution in [0.4, 0.5) is 0 Å². The van der Waals surface area contributed by atoms with E-state index in [1.165, 1.54) is 16.2 Å². The van der Waals surface area contributed by atoms with Crippen molar-refractivity contribution >= 4 is 70.9 Å². The van der Waals surface area contributed by atoms with Crippen molar-refractivity contribution in [3.63, 3.8) is 0 Å². The van der Waals surface area contributed by atoms with Crippen LogP contribution in [0.5, 0.6) is 0 Å². The summed E-state index contributed by atoms with van der Waals surface area (Å²) in [5.41, 5.74) is 9.50. The number of furan rings is 1. The molecular formula is C45H26N4O. The minimum Gasteiger partial charge on any atom is -0.456 e. The van der Waals surface area contributed by atoms with E-state index < -0.39 is 0 Å². The highest BCUT2D eigenvalue weighted by molar-refractivity contribution is 6.30. The molecule has 232 valence electrons. The van der Waals surface area contributed by atoms with Crippen LogP contribution in [0.1, 0.15) is 0 Å². The molecule has 11 rings (SSSR count). The van der Waals surface area contributed by atoms with Crippen LogP contribution >= 0.6 is 0 Å². The molecule has 0 saturated carbocycles. The van der Waals surface area contributed by atoms with Gasteiger partial charge in [0.2, 0.25) is 0 Å². The molecule has 4 heterocycles. The van der Waals surface area contributed by atoms with E-state index in [1.54, 1.807) is 0 Å². The fraction of sp³-hybridized carbons (Fsp3) is 0. The van der Waals surface area contributed by atoms with Crippen LogP contribution in [0.3, 0.4) is 0 Å². The first-order valence-electron chi connectivity index (χ1n) is 16.8. The molecule has 11 aromatic rings. The zero-order valence-electron chi connectivity index (χ0n) is 26.7. The van der Waals surface area contributed by atoms with Gasteiger partial charge in [0.25, 0.3) is 0 Å². The van der Waals surface area contributed by atoms with E-state index in [0.717, 1.165) is 82.9 Å². The highest BCUT2D eigenvalue weighted by Gasteiger charge is 2.19. The average Bonchev–Trinajstić information content (AvgIpc) is 3.76. The zero-order valence-corrected chi connectivity index (χ0v) is 26.7. The maximum absolute atomic E-state index is 6.15. The standard InChI is InChI=1S/C45H26N4O/c1-2-11-28(12-3-1)37-26-38(29-19-22-40-35(24-29)32-14-6-7-15-39(32)50-40)47-45(46-37)30-18-20-33-36(25-30)42-31-13-5-4-10-27(31)17-21-34(42)43-44(33)49-23-9-8-16-41(49)48-43/h1-26H. The number of imidazole rings is 1. The Morgan fingerprint density at radius 3 is 2.08 bits per heavy atom. The predicted octanol–water partition coefficient (Wildman–Crippen LogP) is 11.6. The van der Waals surface area contributed by atoms with Crippen molar-refractivity contribution in [2.45, 2.75) is 0 Å². The van der Waals surface area contributed by atoms with Gasteiger partial charge in [0.15, 0.2) is 5.82 Å². The Labute approximate surface area is 285 Å². The van der Waals surface area contributed by atoms with Gasteiger partial charge in [-0.2, -0.15) is 0 Å². The normalized spacial score (nSPS) is 12.0. The van der Waals surface area contributed by atoms with E-state index in [0.29, 0.717) is 5.82 Å². The maximum atomic E-state index is 6.15. The lowest BCUT2D eigenvalue weighted by Crippen LogP contribution is -1.96. The van der Waals surface area contributed by atoms with Crippen LogP contribution in [0, 0.1) is 0 Å². The topological polar surface area (TPSA) is 56.2 Å². The number of para-hydroxylation sites is 1. The van der Waals surface area contributed by atoms with Crippen molar-refractivity contribution in [1.82, 2.24) is 19.4 Å². The number of fused-ring (bicyclic) bond motifs is 13. The van der Waals surface area contributed by atoms with E-state index in [-0.39, 0.29) is 0 Å². The van der Waals surface area contributed by atoms with Crippen molar-refractivity contribution in [2.75, 3.05) is 0 Å². The molecule has 0 amide bonds. The summed E-state index contributed by atoms with van der Waals surface area (Å²) in [6, 6.07) is 52.8. The predicted molar refractivity (Wildman–Crippen MR) is 204 cm³/mol. The Hall–Kier alpha value is -6.85. The van der Waals surface area contributed by atoms with Crippen LogP contribution in [0.25, 0.3) is 105 Å². The zero-order chi connectivity index (χ0) is 32.8. The van der Waals surface area contributed by atoms with Gasteiger partial charge < -0.3 is 4.42 Å². The SMILES string of the molecule is c1ccc(-c2cc(-c3ccc4oc5ccccc5c4c3)nc(-c3ccc4c(c3)c3c5ccccc5ccc3c3nc5ccccn5c43)n2)cc1. The van der Waals surface area contributed by atoms with Crippen molar-refractivity contribution in [2.24, 2.45) is 0 Å². The first-order chi connectivity index (χ1) is 24.8. The summed E-state index contributed by atoms with van der Waals surface area (Å²) in [6.45, 7) is 0. The van der Waals surface area contributed by atoms with E-state index in [9.17, 15) is 0 Å². The Kier molecular flexibility index (Phi) is 5.60. The monoisotopic (exact) mass is 638 g/mol. The Bertz CT molecular complexity index is 3160. The van der Waals surface area contributed by atoms with Gasteiger partial charge in [-0.1, -0.05) is 103 Å². The second-order valence-corrected chi connectivity index (χ2v) is 12.8. The Morgan fingerprint density at radius 2 is 1.16 bits per heavy atom. The van der Waals surface area contributed by atoms with E-state index >= 15 is 0 Å². The number of aromatic nitrogens is 4. The van der Waals surface area contributed by atoms with Crippen molar-refractivity contribution < 1.29 is 4.42 Å². The molecule has 4 aromatic heterocycles. The number of rotatable bonds is 3. The van der Waals surface area contributed by atoms with Gasteiger partial charge in [0.1, 0.15) is 16.8 Å². The van der Waals surface area contributed by atoms with Crippen LogP contribution in [0.2, 0.25) is 0 Å². The third-order valence-electron chi connectivity index (χ3n) is 9.98. The summed E-state index contributed by atoms with van der Waals surface area (Å²) >= 11 is 0. The Balaban J connectivity index is 1.21. The van der Waals surface area contributed by atoms with Gasteiger partial charge in [0, 0.05) is 44.4 Å². The molecule has 0 aliphatic heterocycles. The molecule has 0 N–H and O–H groups in total. The average molecular weight is 639 g/mol. The molecule has 7 aromatic carbocycles. The van der Waals surface area contributed by atoms with Crippen molar-refractivity contribution in [3.8, 4) is 33.9 Å². The van der Waals surface area contributed by atoms with Gasteiger partial charge >= 0.3 is 0 Å². The van der Waals surface area contributed by atoms with Gasteiger partial charge in [-0.25, -0.2) is 15.0 Å². The minimum atomic E-state index is 0.673. The minimum absolute atomic E-state index is 0.673. The van der Waals surface area contributed by atoms with Crippen molar-refractivity contribution in [3.05, 3.63) is 158 Å². The van der Waals surface area contributed by atoms with Crippen LogP contribution in [-0.2, 0) is 0 Å². The van der Waals surface area contributed by atoms with Gasteiger partial charge in [-0.3, -0.25) is 4.40 Å². The van der Waals surface area contributed by atoms with Gasteiger partial charge in [0.05, 0.1) is 22.4 Å². The molecule has 0 bridgehead atoms. The molecule has 0 spiro atoms. The molecule has 0 saturated heterocycles. The number of pyridine rings is 1. The summed E-state index contributed by atoms with van der Waals surface area (Å²) in [5, 5.41) is 9.17. The molecule has 0 fully saturated rings. The third kappa shape index (κ3) is 3.98. The first-order valence-corrected chi connectivity index (χ1v) is 16.8. The summed E-state index contributed by atoms with van der Waals surface area (Å²) in [4.78, 5) is 15.6. The quantitative estimate of drug-likeness (QED) is 0.181. The highest BCUT2D eigenvalue weighted by Crippen LogP contribution is 2.41. The van der Waals surface area contributed by atoms with E-state index in [4.69, 9.17) is 19.4 Å². The number of hydrogen-bond donors (Lipinski definition) is 0. The maximum Gasteiger partial charge on any atom is 0.160 e. The largest absolute Gasteiger partial charge is 0.456 e. The molecule has 0 radical (unpaired) electrons. The molecular weight excluding hydrogens is 613 g/mol. The molecule has 0 atom stereocenters. The summed E-state index contributed by atoms with van der Waals surface area (Å²) in [5.74, 6) is 0.673. The fourth-order valence-corrected chi connectivity index (χ4v) is 7.66. The van der Waals surface area contributed by atoms with Gasteiger partial charge in [-0.05, 0) is 70.1 Å². The molecule has 0 unspecified atom stereocenters. The van der Waals surface area contributed by atoms with Crippen molar-refractivity contribution in [1.29, 1.82) is 0 Å².